The van der Waals surface area contributed by atoms with E-state index in [0.717, 1.165) is 19.3 Å². The van der Waals surface area contributed by atoms with Gasteiger partial charge >= 0.3 is 12.1 Å². The second-order valence-corrected chi connectivity index (χ2v) is 7.63. The maximum Gasteiger partial charge on any atom is 0.471 e. The van der Waals surface area contributed by atoms with Crippen LogP contribution < -0.4 is 5.32 Å². The zero-order valence-corrected chi connectivity index (χ0v) is 18.3. The Balaban J connectivity index is 2.72. The summed E-state index contributed by atoms with van der Waals surface area (Å²) in [6, 6.07) is -1.42. The number of alkyl halides is 3. The van der Waals surface area contributed by atoms with Crippen molar-refractivity contribution >= 4 is 5.91 Å². The van der Waals surface area contributed by atoms with Crippen molar-refractivity contribution in [2.45, 2.75) is 102 Å². The molecule has 0 aromatic heterocycles. The molecule has 1 aliphatic heterocycles. The molecule has 0 aliphatic carbocycles. The van der Waals surface area contributed by atoms with Crippen LogP contribution in [0.15, 0.2) is 12.3 Å². The molecule has 0 spiro atoms. The van der Waals surface area contributed by atoms with Crippen molar-refractivity contribution in [1.29, 1.82) is 0 Å². The van der Waals surface area contributed by atoms with E-state index in [1.54, 1.807) is 6.92 Å². The monoisotopic (exact) mass is 455 g/mol. The standard InChI is InChI=1S/C21H36F3NO6/c1-3-5-6-7-8-9-10-11-13-29-18-16(25-20(28)21(22,23)24)19(30-12-4-2)31-15(14-26)17(18)27/h4,12,15-19,26-27H,3,5-11,13-14H2,1-2H3,(H,25,28)/t15-,16-,17-,18-,19+/m1/s1. The Labute approximate surface area is 181 Å². The number of hydrogen-bond acceptors (Lipinski definition) is 6. The third kappa shape index (κ3) is 9.76. The molecule has 5 atom stereocenters. The molecule has 0 unspecified atom stereocenters. The lowest BCUT2D eigenvalue weighted by molar-refractivity contribution is -0.265. The molecule has 0 bridgehead atoms. The summed E-state index contributed by atoms with van der Waals surface area (Å²) < 4.78 is 54.7. The third-order valence-electron chi connectivity index (χ3n) is 5.07. The Kier molecular flexibility index (Phi) is 13.1. The van der Waals surface area contributed by atoms with E-state index in [2.05, 4.69) is 6.92 Å². The van der Waals surface area contributed by atoms with Gasteiger partial charge in [0.15, 0.2) is 0 Å². The summed E-state index contributed by atoms with van der Waals surface area (Å²) in [4.78, 5) is 11.5. The summed E-state index contributed by atoms with van der Waals surface area (Å²) in [6.45, 7) is 3.38. The SMILES string of the molecule is CC=CO[C@H]1O[C@H](CO)[C@@H](O)[C@H](OCCCCCCCCCC)[C@H]1NC(=O)C(F)(F)F. The molecule has 1 heterocycles. The first-order valence-electron chi connectivity index (χ1n) is 11.0. The van der Waals surface area contributed by atoms with Crippen LogP contribution in [0.4, 0.5) is 13.2 Å². The van der Waals surface area contributed by atoms with Crippen molar-refractivity contribution in [1.82, 2.24) is 5.32 Å². The number of unbranched alkanes of at least 4 members (excludes halogenated alkanes) is 7. The molecule has 182 valence electrons. The van der Waals surface area contributed by atoms with E-state index in [-0.39, 0.29) is 6.61 Å². The van der Waals surface area contributed by atoms with Crippen LogP contribution in [0.25, 0.3) is 0 Å². The molecule has 1 amide bonds. The summed E-state index contributed by atoms with van der Waals surface area (Å²) in [6.07, 6.45) is 0.823. The average Bonchev–Trinajstić information content (AvgIpc) is 2.72. The minimum Gasteiger partial charge on any atom is -0.471 e. The Bertz CT molecular complexity index is 532. The molecule has 1 saturated heterocycles. The van der Waals surface area contributed by atoms with Crippen LogP contribution in [0.1, 0.15) is 65.2 Å². The van der Waals surface area contributed by atoms with Crippen LogP contribution >= 0.6 is 0 Å². The number of ether oxygens (including phenoxy) is 3. The third-order valence-corrected chi connectivity index (χ3v) is 5.07. The van der Waals surface area contributed by atoms with Gasteiger partial charge < -0.3 is 29.7 Å². The van der Waals surface area contributed by atoms with Crippen molar-refractivity contribution in [2.24, 2.45) is 0 Å². The van der Waals surface area contributed by atoms with Gasteiger partial charge in [0.1, 0.15) is 24.4 Å². The van der Waals surface area contributed by atoms with Gasteiger partial charge in [-0.25, -0.2) is 0 Å². The highest BCUT2D eigenvalue weighted by Crippen LogP contribution is 2.26. The van der Waals surface area contributed by atoms with E-state index < -0.39 is 49.3 Å². The topological polar surface area (TPSA) is 97.2 Å². The quantitative estimate of drug-likeness (QED) is 0.275. The van der Waals surface area contributed by atoms with Crippen molar-refractivity contribution < 1.29 is 42.4 Å². The minimum absolute atomic E-state index is 0.184. The Morgan fingerprint density at radius 3 is 2.29 bits per heavy atom. The van der Waals surface area contributed by atoms with Gasteiger partial charge in [-0.2, -0.15) is 13.2 Å². The summed E-state index contributed by atoms with van der Waals surface area (Å²) >= 11 is 0. The molecule has 1 fully saturated rings. The fourth-order valence-electron chi connectivity index (χ4n) is 3.38. The fourth-order valence-corrected chi connectivity index (χ4v) is 3.38. The number of halogens is 3. The Hall–Kier alpha value is -1.36. The number of aliphatic hydroxyl groups is 2. The van der Waals surface area contributed by atoms with E-state index in [1.807, 2.05) is 5.32 Å². The van der Waals surface area contributed by atoms with Crippen molar-refractivity contribution in [3.8, 4) is 0 Å². The molecule has 0 aromatic carbocycles. The van der Waals surface area contributed by atoms with E-state index in [1.165, 1.54) is 38.0 Å². The van der Waals surface area contributed by atoms with E-state index in [9.17, 15) is 28.2 Å². The van der Waals surface area contributed by atoms with Gasteiger partial charge in [0.2, 0.25) is 6.29 Å². The number of carbonyl (C=O) groups is 1. The maximum absolute atomic E-state index is 12.8. The summed E-state index contributed by atoms with van der Waals surface area (Å²) in [5, 5.41) is 21.7. The maximum atomic E-state index is 12.8. The number of nitrogens with one attached hydrogen (secondary N) is 1. The zero-order chi connectivity index (χ0) is 23.3. The lowest BCUT2D eigenvalue weighted by Crippen LogP contribution is -2.66. The van der Waals surface area contributed by atoms with Crippen LogP contribution in [-0.4, -0.2) is 66.2 Å². The molecule has 3 N–H and O–H groups in total. The summed E-state index contributed by atoms with van der Waals surface area (Å²) in [5.74, 6) is -2.19. The lowest BCUT2D eigenvalue weighted by Gasteiger charge is -2.43. The molecule has 0 saturated carbocycles. The van der Waals surface area contributed by atoms with E-state index in [4.69, 9.17) is 14.2 Å². The summed E-state index contributed by atoms with van der Waals surface area (Å²) in [7, 11) is 0. The first-order valence-corrected chi connectivity index (χ1v) is 11.0. The molecule has 1 rings (SSSR count). The van der Waals surface area contributed by atoms with Gasteiger partial charge in [-0.05, 0) is 13.3 Å². The predicted molar refractivity (Wildman–Crippen MR) is 108 cm³/mol. The first kappa shape index (κ1) is 27.7. The van der Waals surface area contributed by atoms with Crippen molar-refractivity contribution in [3.05, 3.63) is 12.3 Å². The molecular formula is C21H36F3NO6. The van der Waals surface area contributed by atoms with Crippen LogP contribution in [0.2, 0.25) is 0 Å². The number of aliphatic hydroxyl groups excluding tert-OH is 2. The smallest absolute Gasteiger partial charge is 0.471 e. The van der Waals surface area contributed by atoms with Crippen LogP contribution in [0.3, 0.4) is 0 Å². The molecule has 1 aliphatic rings. The highest BCUT2D eigenvalue weighted by molar-refractivity contribution is 5.82. The van der Waals surface area contributed by atoms with Gasteiger partial charge in [0, 0.05) is 6.61 Å². The van der Waals surface area contributed by atoms with Crippen molar-refractivity contribution in [3.63, 3.8) is 0 Å². The fraction of sp³-hybridized carbons (Fsp3) is 0.857. The second-order valence-electron chi connectivity index (χ2n) is 7.63. The molecule has 10 heteroatoms. The normalized spacial score (nSPS) is 26.9. The predicted octanol–water partition coefficient (Wildman–Crippen LogP) is 3.19. The number of hydrogen-bond donors (Lipinski definition) is 3. The molecule has 0 aromatic rings. The van der Waals surface area contributed by atoms with E-state index in [0.29, 0.717) is 6.42 Å². The molecule has 31 heavy (non-hydrogen) atoms. The number of rotatable bonds is 14. The lowest BCUT2D eigenvalue weighted by atomic mass is 9.96. The first-order chi connectivity index (χ1) is 14.8. The highest BCUT2D eigenvalue weighted by atomic mass is 19.4. The van der Waals surface area contributed by atoms with Crippen LogP contribution in [0.5, 0.6) is 0 Å². The second kappa shape index (κ2) is 14.7. The molecular weight excluding hydrogens is 419 g/mol. The van der Waals surface area contributed by atoms with Gasteiger partial charge in [0.25, 0.3) is 0 Å². The number of allylic oxidation sites excluding steroid dienone is 1. The van der Waals surface area contributed by atoms with Crippen LogP contribution in [0, 0.1) is 0 Å². The Morgan fingerprint density at radius 2 is 1.74 bits per heavy atom. The minimum atomic E-state index is -5.12. The molecule has 0 radical (unpaired) electrons. The highest BCUT2D eigenvalue weighted by Gasteiger charge is 2.50. The zero-order valence-electron chi connectivity index (χ0n) is 18.3. The van der Waals surface area contributed by atoms with E-state index >= 15 is 0 Å². The van der Waals surface area contributed by atoms with Crippen molar-refractivity contribution in [2.75, 3.05) is 13.2 Å². The van der Waals surface area contributed by atoms with Gasteiger partial charge in [-0.1, -0.05) is 57.9 Å². The molecule has 7 nitrogen and oxygen atoms in total. The summed E-state index contributed by atoms with van der Waals surface area (Å²) in [5.41, 5.74) is 0. The largest absolute Gasteiger partial charge is 0.471 e. The number of amides is 1. The number of carbonyl (C=O) groups excluding carboxylic acids is 1. The van der Waals surface area contributed by atoms with Crippen LogP contribution in [-0.2, 0) is 19.0 Å². The van der Waals surface area contributed by atoms with Gasteiger partial charge in [-0.3, -0.25) is 4.79 Å². The Morgan fingerprint density at radius 1 is 1.13 bits per heavy atom. The average molecular weight is 456 g/mol. The van der Waals surface area contributed by atoms with Gasteiger partial charge in [-0.15, -0.1) is 0 Å². The van der Waals surface area contributed by atoms with Gasteiger partial charge in [0.05, 0.1) is 12.9 Å².